The van der Waals surface area contributed by atoms with Crippen LogP contribution in [0.25, 0.3) is 0 Å². The second-order valence-corrected chi connectivity index (χ2v) is 10.2. The molecule has 1 unspecified atom stereocenters. The Bertz CT molecular complexity index is 794. The Labute approximate surface area is 187 Å². The highest BCUT2D eigenvalue weighted by molar-refractivity contribution is 7.89. The lowest BCUT2D eigenvalue weighted by molar-refractivity contribution is -0.155. The van der Waals surface area contributed by atoms with Crippen LogP contribution in [0.4, 0.5) is 4.79 Å². The molecule has 0 aliphatic heterocycles. The molecule has 1 atom stereocenters. The average Bonchev–Trinajstić information content (AvgIpc) is 2.73. The topological polar surface area (TPSA) is 93.2 Å². The predicted molar refractivity (Wildman–Crippen MR) is 123 cm³/mol. The molecule has 1 rings (SSSR count). The van der Waals surface area contributed by atoms with Crippen molar-refractivity contribution < 1.29 is 18.4 Å². The molecule has 0 bridgehead atoms. The molecule has 2 N–H and O–H groups in total. The van der Waals surface area contributed by atoms with Crippen LogP contribution in [0.2, 0.25) is 0 Å². The van der Waals surface area contributed by atoms with E-state index in [9.17, 15) is 18.4 Å². The lowest BCUT2D eigenvalue weighted by Gasteiger charge is -2.31. The van der Waals surface area contributed by atoms with E-state index in [1.807, 2.05) is 13.8 Å². The summed E-state index contributed by atoms with van der Waals surface area (Å²) in [5, 5.41) is 14.6. The maximum Gasteiger partial charge on any atom is 0.317 e. The summed E-state index contributed by atoms with van der Waals surface area (Å²) in [6.07, 6.45) is 4.12. The second-order valence-electron chi connectivity index (χ2n) is 8.03. The Morgan fingerprint density at radius 2 is 1.81 bits per heavy atom. The predicted octanol–water partition coefficient (Wildman–Crippen LogP) is 3.29. The third kappa shape index (κ3) is 8.25. The third-order valence-electron chi connectivity index (χ3n) is 5.04. The van der Waals surface area contributed by atoms with Gasteiger partial charge in [0.1, 0.15) is 0 Å². The third-order valence-corrected chi connectivity index (χ3v) is 6.87. The van der Waals surface area contributed by atoms with E-state index in [2.05, 4.69) is 18.8 Å². The molecule has 1 aromatic carbocycles. The number of hydrogen-bond acceptors (Lipinski definition) is 5. The molecule has 0 fully saturated rings. The van der Waals surface area contributed by atoms with E-state index in [0.29, 0.717) is 19.5 Å². The molecule has 0 heterocycles. The molecule has 0 spiro atoms. The smallest absolute Gasteiger partial charge is 0.317 e. The van der Waals surface area contributed by atoms with Crippen LogP contribution in [-0.2, 0) is 16.6 Å². The van der Waals surface area contributed by atoms with Crippen molar-refractivity contribution in [1.82, 2.24) is 19.6 Å². The molecule has 0 aliphatic carbocycles. The summed E-state index contributed by atoms with van der Waals surface area (Å²) in [4.78, 5) is 14.6. The summed E-state index contributed by atoms with van der Waals surface area (Å²) >= 11 is 0. The van der Waals surface area contributed by atoms with E-state index in [1.165, 1.54) is 31.3 Å². The average molecular weight is 455 g/mol. The van der Waals surface area contributed by atoms with Crippen LogP contribution in [0.15, 0.2) is 41.8 Å². The number of urea groups is 1. The van der Waals surface area contributed by atoms with Gasteiger partial charge in [-0.1, -0.05) is 31.6 Å². The van der Waals surface area contributed by atoms with Crippen molar-refractivity contribution in [2.45, 2.75) is 63.6 Å². The zero-order chi connectivity index (χ0) is 23.6. The van der Waals surface area contributed by atoms with Gasteiger partial charge in [-0.25, -0.2) is 17.5 Å². The highest BCUT2D eigenvalue weighted by atomic mass is 32.2. The van der Waals surface area contributed by atoms with E-state index < -0.39 is 10.0 Å². The number of rotatable bonds is 13. The summed E-state index contributed by atoms with van der Waals surface area (Å²) < 4.78 is 25.5. The van der Waals surface area contributed by atoms with Gasteiger partial charge in [-0.2, -0.15) is 5.06 Å². The molecule has 8 nitrogen and oxygen atoms in total. The molecule has 2 amide bonds. The summed E-state index contributed by atoms with van der Waals surface area (Å²) in [6, 6.07) is 6.23. The summed E-state index contributed by atoms with van der Waals surface area (Å²) in [5.74, 6) is 0. The van der Waals surface area contributed by atoms with Crippen LogP contribution in [-0.4, -0.2) is 73.2 Å². The van der Waals surface area contributed by atoms with Gasteiger partial charge < -0.3 is 15.4 Å². The van der Waals surface area contributed by atoms with Crippen molar-refractivity contribution in [2.24, 2.45) is 0 Å². The first kappa shape index (κ1) is 27.1. The van der Waals surface area contributed by atoms with E-state index in [4.69, 9.17) is 0 Å². The minimum atomic E-state index is -3.48. The van der Waals surface area contributed by atoms with E-state index in [1.54, 1.807) is 23.1 Å². The highest BCUT2D eigenvalue weighted by Gasteiger charge is 2.21. The first-order valence-corrected chi connectivity index (χ1v) is 12.1. The number of carbonyl (C=O) groups excluding carboxylic acids is 1. The number of nitrogens with one attached hydrogen (secondary N) is 1. The molecular weight excluding hydrogens is 416 g/mol. The van der Waals surface area contributed by atoms with Gasteiger partial charge in [0.15, 0.2) is 0 Å². The van der Waals surface area contributed by atoms with Gasteiger partial charge in [0.05, 0.1) is 4.90 Å². The monoisotopic (exact) mass is 454 g/mol. The van der Waals surface area contributed by atoms with Crippen molar-refractivity contribution in [3.05, 3.63) is 42.5 Å². The van der Waals surface area contributed by atoms with Gasteiger partial charge in [0, 0.05) is 45.8 Å². The van der Waals surface area contributed by atoms with Gasteiger partial charge in [-0.3, -0.25) is 0 Å². The highest BCUT2D eigenvalue weighted by Crippen LogP contribution is 2.15. The molecule has 0 radical (unpaired) electrons. The Morgan fingerprint density at radius 3 is 2.29 bits per heavy atom. The van der Waals surface area contributed by atoms with Crippen molar-refractivity contribution in [2.75, 3.05) is 27.2 Å². The number of nitrogens with zero attached hydrogens (tertiary/aromatic N) is 3. The first-order chi connectivity index (χ1) is 14.5. The Morgan fingerprint density at radius 1 is 1.19 bits per heavy atom. The fraction of sp³-hybridized carbons (Fsp3) is 0.591. The van der Waals surface area contributed by atoms with E-state index >= 15 is 0 Å². The Balaban J connectivity index is 2.72. The number of amides is 2. The number of carbonyl (C=O) groups is 1. The second kappa shape index (κ2) is 12.8. The number of hydroxylamine groups is 2. The molecule has 0 saturated heterocycles. The SMILES string of the molecule is C=CCN(CCC(CCC)N(O)C(C)C)C(=O)NCc1ccc(S(=O)(=O)N(C)C)cc1. The minimum Gasteiger partial charge on any atom is -0.334 e. The maximum atomic E-state index is 12.7. The van der Waals surface area contributed by atoms with Gasteiger partial charge in [-0.15, -0.1) is 6.58 Å². The minimum absolute atomic E-state index is 0.0116. The zero-order valence-corrected chi connectivity index (χ0v) is 20.2. The summed E-state index contributed by atoms with van der Waals surface area (Å²) in [7, 11) is -0.505. The molecular formula is C22H38N4O4S. The first-order valence-electron chi connectivity index (χ1n) is 10.7. The lowest BCUT2D eigenvalue weighted by atomic mass is 10.1. The molecule has 31 heavy (non-hydrogen) atoms. The Kier molecular flexibility index (Phi) is 11.2. The maximum absolute atomic E-state index is 12.7. The van der Waals surface area contributed by atoms with Crippen molar-refractivity contribution >= 4 is 16.1 Å². The summed E-state index contributed by atoms with van der Waals surface area (Å²) in [5.41, 5.74) is 0.801. The lowest BCUT2D eigenvalue weighted by Crippen LogP contribution is -2.44. The number of hydrogen-bond donors (Lipinski definition) is 2. The molecule has 0 aromatic heterocycles. The van der Waals surface area contributed by atoms with Crippen LogP contribution in [0.5, 0.6) is 0 Å². The van der Waals surface area contributed by atoms with Crippen molar-refractivity contribution in [1.29, 1.82) is 0 Å². The van der Waals surface area contributed by atoms with E-state index in [-0.39, 0.29) is 29.6 Å². The van der Waals surface area contributed by atoms with Crippen LogP contribution in [0.3, 0.4) is 0 Å². The summed E-state index contributed by atoms with van der Waals surface area (Å²) in [6.45, 7) is 10.9. The molecule has 9 heteroatoms. The zero-order valence-electron chi connectivity index (χ0n) is 19.4. The van der Waals surface area contributed by atoms with Gasteiger partial charge in [-0.05, 0) is 44.4 Å². The van der Waals surface area contributed by atoms with Crippen LogP contribution >= 0.6 is 0 Å². The quantitative estimate of drug-likeness (QED) is 0.352. The van der Waals surface area contributed by atoms with Crippen molar-refractivity contribution in [3.63, 3.8) is 0 Å². The van der Waals surface area contributed by atoms with Gasteiger partial charge >= 0.3 is 6.03 Å². The number of sulfonamides is 1. The van der Waals surface area contributed by atoms with Gasteiger partial charge in [0.25, 0.3) is 0 Å². The van der Waals surface area contributed by atoms with Crippen LogP contribution in [0, 0.1) is 0 Å². The number of benzene rings is 1. The van der Waals surface area contributed by atoms with Crippen LogP contribution in [0.1, 0.15) is 45.6 Å². The molecule has 0 aliphatic rings. The van der Waals surface area contributed by atoms with Crippen LogP contribution < -0.4 is 5.32 Å². The molecule has 1 aromatic rings. The normalized spacial score (nSPS) is 12.9. The van der Waals surface area contributed by atoms with E-state index in [0.717, 1.165) is 22.7 Å². The molecule has 0 saturated carbocycles. The van der Waals surface area contributed by atoms with Gasteiger partial charge in [0.2, 0.25) is 10.0 Å². The Hall–Kier alpha value is -1.94. The fourth-order valence-corrected chi connectivity index (χ4v) is 4.08. The standard InChI is InChI=1S/C22H38N4O4S/c1-7-9-20(26(28)18(3)4)14-16-25(15-8-2)22(27)23-17-19-10-12-21(13-11-19)31(29,30)24(5)6/h8,10-13,18,20,28H,2,7,9,14-17H2,1,3-6H3,(H,23,27). The van der Waals surface area contributed by atoms with Crippen molar-refractivity contribution in [3.8, 4) is 0 Å². The molecule has 176 valence electrons. The fourth-order valence-electron chi connectivity index (χ4n) is 3.18. The largest absolute Gasteiger partial charge is 0.334 e.